The molecule has 2 aliphatic rings. The standard InChI is InChI=1S/C9H15N3O.C9H11NO.C3H8/c10-7-9-1-4-12(5-2-9)6-3-11-8-13;11-9-2-1-7-3-4-10-6-8(7)5-9;1-3-2/h8-9H,1-6H2,(H,11,13);1-2,5,10-11H,3-4,6H2;3H2,1-2H3. The molecule has 0 saturated carbocycles. The zero-order valence-corrected chi connectivity index (χ0v) is 16.7. The largest absolute Gasteiger partial charge is 0.508 e. The van der Waals surface area contributed by atoms with Crippen LogP contribution in [0.3, 0.4) is 0 Å². The van der Waals surface area contributed by atoms with Crippen LogP contribution in [0.25, 0.3) is 0 Å². The van der Waals surface area contributed by atoms with Gasteiger partial charge in [0.2, 0.25) is 6.41 Å². The molecule has 1 fully saturated rings. The third-order valence-electron chi connectivity index (χ3n) is 4.50. The van der Waals surface area contributed by atoms with E-state index in [1.165, 1.54) is 17.5 Å². The number of nitrogens with zero attached hydrogens (tertiary/aromatic N) is 2. The van der Waals surface area contributed by atoms with Gasteiger partial charge in [-0.25, -0.2) is 0 Å². The van der Waals surface area contributed by atoms with Crippen molar-refractivity contribution in [1.82, 2.24) is 15.5 Å². The second-order valence-electron chi connectivity index (χ2n) is 6.90. The van der Waals surface area contributed by atoms with Gasteiger partial charge in [-0.2, -0.15) is 5.26 Å². The number of hydrogen-bond donors (Lipinski definition) is 3. The molecule has 0 spiro atoms. The Bertz CT molecular complexity index is 578. The van der Waals surface area contributed by atoms with Crippen molar-refractivity contribution < 1.29 is 9.90 Å². The number of carbonyl (C=O) groups is 1. The fourth-order valence-electron chi connectivity index (χ4n) is 3.03. The van der Waals surface area contributed by atoms with Crippen LogP contribution in [0.5, 0.6) is 5.75 Å². The molecule has 1 aromatic rings. The lowest BCUT2D eigenvalue weighted by atomic mass is 9.99. The fourth-order valence-corrected chi connectivity index (χ4v) is 3.03. The Morgan fingerprint density at radius 2 is 2.04 bits per heavy atom. The molecule has 0 unspecified atom stereocenters. The molecule has 27 heavy (non-hydrogen) atoms. The van der Waals surface area contributed by atoms with E-state index >= 15 is 0 Å². The summed E-state index contributed by atoms with van der Waals surface area (Å²) in [5, 5.41) is 23.7. The maximum atomic E-state index is 9.97. The minimum Gasteiger partial charge on any atom is -0.508 e. The van der Waals surface area contributed by atoms with Gasteiger partial charge in [0.15, 0.2) is 0 Å². The molecule has 2 aliphatic heterocycles. The topological polar surface area (TPSA) is 88.4 Å². The van der Waals surface area contributed by atoms with E-state index in [1.807, 2.05) is 12.1 Å². The Hall–Kier alpha value is -2.10. The number of phenols is 1. The van der Waals surface area contributed by atoms with Gasteiger partial charge in [0, 0.05) is 25.6 Å². The number of carbonyl (C=O) groups excluding carboxylic acids is 1. The first-order valence-corrected chi connectivity index (χ1v) is 9.95. The molecule has 0 aliphatic carbocycles. The van der Waals surface area contributed by atoms with Crippen LogP contribution >= 0.6 is 0 Å². The molecule has 2 heterocycles. The van der Waals surface area contributed by atoms with Gasteiger partial charge < -0.3 is 20.6 Å². The Labute approximate surface area is 163 Å². The molecule has 0 atom stereocenters. The van der Waals surface area contributed by atoms with E-state index < -0.39 is 0 Å². The number of amides is 1. The van der Waals surface area contributed by atoms with Gasteiger partial charge in [0.05, 0.1) is 6.07 Å². The van der Waals surface area contributed by atoms with Crippen LogP contribution in [-0.2, 0) is 17.8 Å². The number of piperidine rings is 1. The summed E-state index contributed by atoms with van der Waals surface area (Å²) in [6, 6.07) is 7.89. The van der Waals surface area contributed by atoms with E-state index in [4.69, 9.17) is 10.4 Å². The first kappa shape index (κ1) is 22.9. The number of nitrogens with one attached hydrogen (secondary N) is 2. The van der Waals surface area contributed by atoms with E-state index in [-0.39, 0.29) is 5.92 Å². The molecule has 1 amide bonds. The lowest BCUT2D eigenvalue weighted by Gasteiger charge is -2.28. The molecule has 1 aromatic carbocycles. The molecule has 6 nitrogen and oxygen atoms in total. The molecule has 0 aromatic heterocycles. The smallest absolute Gasteiger partial charge is 0.207 e. The normalized spacial score (nSPS) is 16.5. The molecule has 3 N–H and O–H groups in total. The Kier molecular flexibility index (Phi) is 11.9. The van der Waals surface area contributed by atoms with Gasteiger partial charge in [-0.05, 0) is 62.2 Å². The average Bonchev–Trinajstić information content (AvgIpc) is 2.70. The van der Waals surface area contributed by atoms with Crippen LogP contribution in [0.15, 0.2) is 18.2 Å². The highest BCUT2D eigenvalue weighted by Crippen LogP contribution is 2.19. The summed E-state index contributed by atoms with van der Waals surface area (Å²) in [6.45, 7) is 9.77. The minimum absolute atomic E-state index is 0.246. The Morgan fingerprint density at radius 3 is 2.67 bits per heavy atom. The number of fused-ring (bicyclic) bond motifs is 1. The maximum Gasteiger partial charge on any atom is 0.207 e. The summed E-state index contributed by atoms with van der Waals surface area (Å²) < 4.78 is 0. The van der Waals surface area contributed by atoms with Crippen molar-refractivity contribution in [3.05, 3.63) is 29.3 Å². The van der Waals surface area contributed by atoms with E-state index in [2.05, 4.69) is 35.5 Å². The molecular weight excluding hydrogens is 340 g/mol. The number of rotatable bonds is 4. The molecule has 1 saturated heterocycles. The molecular formula is C21H34N4O2. The Balaban J connectivity index is 0.000000238. The zero-order valence-electron chi connectivity index (χ0n) is 16.7. The number of nitriles is 1. The van der Waals surface area contributed by atoms with Crippen molar-refractivity contribution in [2.24, 2.45) is 5.92 Å². The minimum atomic E-state index is 0.246. The van der Waals surface area contributed by atoms with Crippen molar-refractivity contribution in [2.45, 2.75) is 46.1 Å². The highest BCUT2D eigenvalue weighted by atomic mass is 16.3. The third-order valence-corrected chi connectivity index (χ3v) is 4.50. The second kappa shape index (κ2) is 14.0. The predicted molar refractivity (Wildman–Crippen MR) is 108 cm³/mol. The summed E-state index contributed by atoms with van der Waals surface area (Å²) in [5.74, 6) is 0.614. The van der Waals surface area contributed by atoms with E-state index in [0.29, 0.717) is 12.3 Å². The van der Waals surface area contributed by atoms with Gasteiger partial charge in [-0.3, -0.25) is 4.79 Å². The van der Waals surface area contributed by atoms with Crippen molar-refractivity contribution in [3.63, 3.8) is 0 Å². The maximum absolute atomic E-state index is 9.97. The predicted octanol–water partition coefficient (Wildman–Crippen LogP) is 2.42. The summed E-state index contributed by atoms with van der Waals surface area (Å²) in [7, 11) is 0. The second-order valence-corrected chi connectivity index (χ2v) is 6.90. The molecule has 0 radical (unpaired) electrons. The summed E-state index contributed by atoms with van der Waals surface area (Å²) in [4.78, 5) is 12.3. The van der Waals surface area contributed by atoms with E-state index in [9.17, 15) is 4.79 Å². The number of phenolic OH excluding ortho intramolecular Hbond substituents is 1. The molecule has 0 bridgehead atoms. The highest BCUT2D eigenvalue weighted by molar-refractivity contribution is 5.45. The number of benzene rings is 1. The van der Waals surface area contributed by atoms with Crippen molar-refractivity contribution in [1.29, 1.82) is 5.26 Å². The van der Waals surface area contributed by atoms with E-state index in [0.717, 1.165) is 58.4 Å². The lowest BCUT2D eigenvalue weighted by Crippen LogP contribution is -2.37. The number of aromatic hydroxyl groups is 1. The van der Waals surface area contributed by atoms with Gasteiger partial charge in [-0.1, -0.05) is 26.3 Å². The SMILES string of the molecule is CCC.N#CC1CCN(CCNC=O)CC1.Oc1ccc2c(c1)CNCC2. The molecule has 3 rings (SSSR count). The first-order chi connectivity index (χ1) is 13.1. The fraction of sp³-hybridized carbons (Fsp3) is 0.619. The van der Waals surface area contributed by atoms with Crippen LogP contribution in [0.4, 0.5) is 0 Å². The number of hydrogen-bond acceptors (Lipinski definition) is 5. The Morgan fingerprint density at radius 1 is 1.33 bits per heavy atom. The molecule has 150 valence electrons. The number of likely N-dealkylation sites (tertiary alicyclic amines) is 1. The van der Waals surface area contributed by atoms with Crippen LogP contribution in [-0.4, -0.2) is 49.1 Å². The van der Waals surface area contributed by atoms with Gasteiger partial charge in [-0.15, -0.1) is 0 Å². The van der Waals surface area contributed by atoms with Gasteiger partial charge >= 0.3 is 0 Å². The van der Waals surface area contributed by atoms with E-state index in [1.54, 1.807) is 6.07 Å². The summed E-state index contributed by atoms with van der Waals surface area (Å²) in [5.41, 5.74) is 2.60. The van der Waals surface area contributed by atoms with Crippen LogP contribution in [0.1, 0.15) is 44.2 Å². The van der Waals surface area contributed by atoms with Crippen molar-refractivity contribution >= 4 is 6.41 Å². The lowest BCUT2D eigenvalue weighted by molar-refractivity contribution is -0.109. The van der Waals surface area contributed by atoms with Crippen LogP contribution in [0.2, 0.25) is 0 Å². The monoisotopic (exact) mass is 374 g/mol. The van der Waals surface area contributed by atoms with Crippen molar-refractivity contribution in [3.8, 4) is 11.8 Å². The zero-order chi connectivity index (χ0) is 19.9. The third kappa shape index (κ3) is 9.41. The van der Waals surface area contributed by atoms with Gasteiger partial charge in [0.1, 0.15) is 5.75 Å². The van der Waals surface area contributed by atoms with Crippen molar-refractivity contribution in [2.75, 3.05) is 32.7 Å². The molecule has 6 heteroatoms. The summed E-state index contributed by atoms with van der Waals surface area (Å²) in [6.07, 6.45) is 4.99. The first-order valence-electron chi connectivity index (χ1n) is 9.95. The summed E-state index contributed by atoms with van der Waals surface area (Å²) >= 11 is 0. The van der Waals surface area contributed by atoms with Crippen LogP contribution in [0, 0.1) is 17.2 Å². The quantitative estimate of drug-likeness (QED) is 0.556. The van der Waals surface area contributed by atoms with Crippen LogP contribution < -0.4 is 10.6 Å². The average molecular weight is 375 g/mol. The van der Waals surface area contributed by atoms with Gasteiger partial charge in [0.25, 0.3) is 0 Å². The highest BCUT2D eigenvalue weighted by Gasteiger charge is 2.17.